The molecule has 0 fully saturated rings. The van der Waals surface area contributed by atoms with Gasteiger partial charge in [0.05, 0.1) is 19.9 Å². The summed E-state index contributed by atoms with van der Waals surface area (Å²) in [6.45, 7) is 2.61. The third-order valence-electron chi connectivity index (χ3n) is 4.23. The second-order valence-electron chi connectivity index (χ2n) is 6.07. The van der Waals surface area contributed by atoms with Crippen molar-refractivity contribution in [1.29, 1.82) is 0 Å². The van der Waals surface area contributed by atoms with Crippen LogP contribution in [0, 0.1) is 0 Å². The van der Waals surface area contributed by atoms with E-state index in [9.17, 15) is 4.79 Å². The fourth-order valence-corrected chi connectivity index (χ4v) is 2.88. The van der Waals surface area contributed by atoms with Gasteiger partial charge in [0.25, 0.3) is 5.91 Å². The Balaban J connectivity index is 1.78. The minimum absolute atomic E-state index is 0.274. The first-order valence-electron chi connectivity index (χ1n) is 8.83. The molecule has 0 bridgehead atoms. The molecule has 0 aliphatic heterocycles. The second kappa shape index (κ2) is 8.40. The van der Waals surface area contributed by atoms with Crippen LogP contribution < -0.4 is 14.9 Å². The lowest BCUT2D eigenvalue weighted by Crippen LogP contribution is -2.20. The highest BCUT2D eigenvalue weighted by Crippen LogP contribution is 2.30. The zero-order valence-corrected chi connectivity index (χ0v) is 15.7. The second-order valence-corrected chi connectivity index (χ2v) is 6.07. The highest BCUT2D eigenvalue weighted by atomic mass is 16.5. The Hall–Kier alpha value is -3.28. The fourth-order valence-electron chi connectivity index (χ4n) is 2.88. The number of hydrogen-bond acceptors (Lipinski definition) is 4. The number of nitrogens with one attached hydrogen (secondary N) is 1. The summed E-state index contributed by atoms with van der Waals surface area (Å²) >= 11 is 0. The number of carbonyl (C=O) groups excluding carboxylic acids is 1. The highest BCUT2D eigenvalue weighted by molar-refractivity contribution is 5.99. The van der Waals surface area contributed by atoms with Gasteiger partial charge in [0, 0.05) is 23.5 Å². The number of hydrazone groups is 1. The summed E-state index contributed by atoms with van der Waals surface area (Å²) < 4.78 is 13.0. The Morgan fingerprint density at radius 1 is 1.22 bits per heavy atom. The van der Waals surface area contributed by atoms with Gasteiger partial charge in [-0.25, -0.2) is 5.43 Å². The number of methoxy groups -OCH3 is 1. The molecule has 3 aromatic rings. The van der Waals surface area contributed by atoms with Crippen LogP contribution in [0.25, 0.3) is 10.9 Å². The molecule has 2 aromatic carbocycles. The molecular formula is C21H23N3O3. The normalized spacial score (nSPS) is 11.1. The van der Waals surface area contributed by atoms with E-state index in [1.54, 1.807) is 13.3 Å². The van der Waals surface area contributed by atoms with Crippen LogP contribution in [0.2, 0.25) is 0 Å². The predicted molar refractivity (Wildman–Crippen MR) is 107 cm³/mol. The monoisotopic (exact) mass is 365 g/mol. The average molecular weight is 365 g/mol. The number of hydrogen-bond donors (Lipinski definition) is 1. The minimum atomic E-state index is -0.274. The molecule has 0 aliphatic rings. The molecule has 140 valence electrons. The van der Waals surface area contributed by atoms with Gasteiger partial charge in [0.2, 0.25) is 0 Å². The lowest BCUT2D eigenvalue weighted by molar-refractivity contribution is 0.0947. The van der Waals surface area contributed by atoms with Gasteiger partial charge in [-0.3, -0.25) is 4.79 Å². The van der Waals surface area contributed by atoms with Crippen LogP contribution in [0.5, 0.6) is 11.5 Å². The maximum atomic E-state index is 12.5. The molecule has 27 heavy (non-hydrogen) atoms. The summed E-state index contributed by atoms with van der Waals surface area (Å²) in [4.78, 5) is 12.5. The van der Waals surface area contributed by atoms with E-state index in [2.05, 4.69) is 10.5 Å². The number of aromatic nitrogens is 1. The molecule has 3 rings (SSSR count). The van der Waals surface area contributed by atoms with Crippen LogP contribution in [-0.4, -0.2) is 30.4 Å². The maximum absolute atomic E-state index is 12.5. The van der Waals surface area contributed by atoms with Crippen molar-refractivity contribution in [2.24, 2.45) is 12.1 Å². The van der Waals surface area contributed by atoms with E-state index in [0.29, 0.717) is 23.8 Å². The SMILES string of the molecule is CCCOc1c(/C=N/NC(=O)c2cc3ccccc3n2C)cccc1OC. The third kappa shape index (κ3) is 3.95. The minimum Gasteiger partial charge on any atom is -0.493 e. The van der Waals surface area contributed by atoms with Crippen LogP contribution in [0.3, 0.4) is 0 Å². The molecule has 0 spiro atoms. The number of carbonyl (C=O) groups is 1. The van der Waals surface area contributed by atoms with Crippen molar-refractivity contribution in [2.45, 2.75) is 13.3 Å². The molecule has 1 N–H and O–H groups in total. The zero-order valence-electron chi connectivity index (χ0n) is 15.7. The molecule has 6 nitrogen and oxygen atoms in total. The van der Waals surface area contributed by atoms with Crippen LogP contribution in [-0.2, 0) is 7.05 Å². The number of benzene rings is 2. The Kier molecular flexibility index (Phi) is 5.76. The van der Waals surface area contributed by atoms with Crippen molar-refractivity contribution in [1.82, 2.24) is 9.99 Å². The summed E-state index contributed by atoms with van der Waals surface area (Å²) in [5.41, 5.74) is 4.86. The molecule has 6 heteroatoms. The van der Waals surface area contributed by atoms with Crippen molar-refractivity contribution >= 4 is 23.0 Å². The van der Waals surface area contributed by atoms with E-state index < -0.39 is 0 Å². The maximum Gasteiger partial charge on any atom is 0.287 e. The van der Waals surface area contributed by atoms with Crippen molar-refractivity contribution < 1.29 is 14.3 Å². The van der Waals surface area contributed by atoms with E-state index in [1.165, 1.54) is 0 Å². The van der Waals surface area contributed by atoms with Gasteiger partial charge in [0.15, 0.2) is 11.5 Å². The summed E-state index contributed by atoms with van der Waals surface area (Å²) in [6, 6.07) is 15.2. The molecule has 1 amide bonds. The largest absolute Gasteiger partial charge is 0.493 e. The first-order chi connectivity index (χ1) is 13.2. The van der Waals surface area contributed by atoms with Gasteiger partial charge in [-0.15, -0.1) is 0 Å². The first kappa shape index (κ1) is 18.5. The topological polar surface area (TPSA) is 64.8 Å². The fraction of sp³-hybridized carbons (Fsp3) is 0.238. The van der Waals surface area contributed by atoms with Crippen molar-refractivity contribution in [3.63, 3.8) is 0 Å². The number of rotatable bonds is 7. The number of para-hydroxylation sites is 2. The van der Waals surface area contributed by atoms with Gasteiger partial charge in [-0.05, 0) is 30.7 Å². The first-order valence-corrected chi connectivity index (χ1v) is 8.83. The molecule has 0 radical (unpaired) electrons. The number of fused-ring (bicyclic) bond motifs is 1. The van der Waals surface area contributed by atoms with Crippen LogP contribution in [0.4, 0.5) is 0 Å². The molecule has 1 aromatic heterocycles. The van der Waals surface area contributed by atoms with Crippen molar-refractivity contribution in [2.75, 3.05) is 13.7 Å². The summed E-state index contributed by atoms with van der Waals surface area (Å²) in [5.74, 6) is 0.973. The number of amides is 1. The molecular weight excluding hydrogens is 342 g/mol. The standard InChI is InChI=1S/C21H23N3O3/c1-4-12-27-20-16(9-7-11-19(20)26-3)14-22-23-21(25)18-13-15-8-5-6-10-17(15)24(18)2/h5-11,13-14H,4,12H2,1-3H3,(H,23,25)/b22-14+. The molecule has 0 saturated heterocycles. The summed E-state index contributed by atoms with van der Waals surface area (Å²) in [7, 11) is 3.45. The third-order valence-corrected chi connectivity index (χ3v) is 4.23. The number of ether oxygens (including phenoxy) is 2. The van der Waals surface area contributed by atoms with Crippen LogP contribution in [0.15, 0.2) is 53.6 Å². The highest BCUT2D eigenvalue weighted by Gasteiger charge is 2.13. The summed E-state index contributed by atoms with van der Waals surface area (Å²) in [6.07, 6.45) is 2.44. The average Bonchev–Trinajstić information content (AvgIpc) is 3.03. The van der Waals surface area contributed by atoms with Crippen LogP contribution in [0.1, 0.15) is 29.4 Å². The summed E-state index contributed by atoms with van der Waals surface area (Å²) in [5, 5.41) is 5.11. The van der Waals surface area contributed by atoms with Crippen molar-refractivity contribution in [3.05, 3.63) is 59.8 Å². The number of aryl methyl sites for hydroxylation is 1. The van der Waals surface area contributed by atoms with Gasteiger partial charge in [-0.1, -0.05) is 31.2 Å². The van der Waals surface area contributed by atoms with Crippen molar-refractivity contribution in [3.8, 4) is 11.5 Å². The number of nitrogens with zero attached hydrogens (tertiary/aromatic N) is 2. The van der Waals surface area contributed by atoms with Gasteiger partial charge < -0.3 is 14.0 Å². The van der Waals surface area contributed by atoms with E-state index in [0.717, 1.165) is 22.9 Å². The Labute approximate surface area is 158 Å². The zero-order chi connectivity index (χ0) is 19.2. The Bertz CT molecular complexity index is 976. The van der Waals surface area contributed by atoms with Crippen LogP contribution >= 0.6 is 0 Å². The molecule has 0 unspecified atom stereocenters. The molecule has 1 heterocycles. The van der Waals surface area contributed by atoms with Gasteiger partial charge in [0.1, 0.15) is 5.69 Å². The van der Waals surface area contributed by atoms with E-state index in [1.807, 2.05) is 67.1 Å². The predicted octanol–water partition coefficient (Wildman–Crippen LogP) is 3.74. The van der Waals surface area contributed by atoms with E-state index >= 15 is 0 Å². The molecule has 0 saturated carbocycles. The lowest BCUT2D eigenvalue weighted by atomic mass is 10.2. The Morgan fingerprint density at radius 3 is 2.78 bits per heavy atom. The quantitative estimate of drug-likeness (QED) is 0.512. The van der Waals surface area contributed by atoms with Gasteiger partial charge >= 0.3 is 0 Å². The van der Waals surface area contributed by atoms with E-state index in [-0.39, 0.29) is 5.91 Å². The smallest absolute Gasteiger partial charge is 0.287 e. The lowest BCUT2D eigenvalue weighted by Gasteiger charge is -2.12. The molecule has 0 atom stereocenters. The van der Waals surface area contributed by atoms with E-state index in [4.69, 9.17) is 9.47 Å². The Morgan fingerprint density at radius 2 is 2.04 bits per heavy atom. The molecule has 0 aliphatic carbocycles. The van der Waals surface area contributed by atoms with Gasteiger partial charge in [-0.2, -0.15) is 5.10 Å².